The molecule has 2 amide bonds. The summed E-state index contributed by atoms with van der Waals surface area (Å²) in [5.41, 5.74) is 1.61. The molecule has 0 saturated carbocycles. The molecule has 1 saturated heterocycles. The Morgan fingerprint density at radius 2 is 1.77 bits per heavy atom. The standard InChI is InChI=1S/C24H36N2O4/c1-16(2)21(23(29)30-15-20(27)26-14-8-7-9-17(26)3)25-22(28)18-10-12-19(13-11-18)24(4,5)6/h10-13,16-17,21H,7-9,14-15H2,1-6H3,(H,25,28)/t17-,21-/m0/s1. The van der Waals surface area contributed by atoms with Crippen LogP contribution in [0.2, 0.25) is 0 Å². The first kappa shape index (κ1) is 23.9. The summed E-state index contributed by atoms with van der Waals surface area (Å²) in [5.74, 6) is -1.26. The Hall–Kier alpha value is -2.37. The fraction of sp³-hybridized carbons (Fsp3) is 0.625. The van der Waals surface area contributed by atoms with Gasteiger partial charge in [0.05, 0.1) is 0 Å². The highest BCUT2D eigenvalue weighted by Crippen LogP contribution is 2.22. The van der Waals surface area contributed by atoms with Crippen molar-refractivity contribution in [2.75, 3.05) is 13.2 Å². The smallest absolute Gasteiger partial charge is 0.329 e. The van der Waals surface area contributed by atoms with Gasteiger partial charge in [-0.3, -0.25) is 9.59 Å². The molecule has 6 heteroatoms. The van der Waals surface area contributed by atoms with Gasteiger partial charge in [0.25, 0.3) is 11.8 Å². The lowest BCUT2D eigenvalue weighted by Crippen LogP contribution is -2.47. The predicted molar refractivity (Wildman–Crippen MR) is 117 cm³/mol. The Morgan fingerprint density at radius 1 is 1.13 bits per heavy atom. The fourth-order valence-corrected chi connectivity index (χ4v) is 3.62. The van der Waals surface area contributed by atoms with Crippen molar-refractivity contribution in [3.8, 4) is 0 Å². The van der Waals surface area contributed by atoms with Gasteiger partial charge in [-0.25, -0.2) is 4.79 Å². The number of hydrogen-bond donors (Lipinski definition) is 1. The summed E-state index contributed by atoms with van der Waals surface area (Å²) in [6.07, 6.45) is 3.06. The van der Waals surface area contributed by atoms with E-state index in [2.05, 4.69) is 26.1 Å². The number of rotatable bonds is 6. The zero-order chi connectivity index (χ0) is 22.5. The zero-order valence-corrected chi connectivity index (χ0v) is 19.2. The van der Waals surface area contributed by atoms with Crippen LogP contribution in [0.25, 0.3) is 0 Å². The van der Waals surface area contributed by atoms with E-state index in [1.165, 1.54) is 0 Å². The maximum atomic E-state index is 12.7. The summed E-state index contributed by atoms with van der Waals surface area (Å²) < 4.78 is 5.28. The van der Waals surface area contributed by atoms with Crippen molar-refractivity contribution in [1.82, 2.24) is 10.2 Å². The highest BCUT2D eigenvalue weighted by atomic mass is 16.5. The topological polar surface area (TPSA) is 75.7 Å². The Balaban J connectivity index is 1.96. The van der Waals surface area contributed by atoms with Crippen LogP contribution in [0.15, 0.2) is 24.3 Å². The fourth-order valence-electron chi connectivity index (χ4n) is 3.62. The second-order valence-electron chi connectivity index (χ2n) is 9.56. The van der Waals surface area contributed by atoms with Crippen LogP contribution in [-0.2, 0) is 19.7 Å². The summed E-state index contributed by atoms with van der Waals surface area (Å²) in [6, 6.07) is 6.74. The third-order valence-corrected chi connectivity index (χ3v) is 5.68. The highest BCUT2D eigenvalue weighted by Gasteiger charge is 2.29. The third-order valence-electron chi connectivity index (χ3n) is 5.68. The van der Waals surface area contributed by atoms with E-state index in [9.17, 15) is 14.4 Å². The van der Waals surface area contributed by atoms with Crippen molar-refractivity contribution in [3.05, 3.63) is 35.4 Å². The average molecular weight is 417 g/mol. The molecule has 0 radical (unpaired) electrons. The van der Waals surface area contributed by atoms with E-state index in [1.807, 2.05) is 32.9 Å². The molecule has 0 aromatic heterocycles. The number of piperidine rings is 1. The summed E-state index contributed by atoms with van der Waals surface area (Å²) in [7, 11) is 0. The number of likely N-dealkylation sites (tertiary alicyclic amines) is 1. The molecule has 0 bridgehead atoms. The van der Waals surface area contributed by atoms with Crippen molar-refractivity contribution >= 4 is 17.8 Å². The number of ether oxygens (including phenoxy) is 1. The first-order valence-electron chi connectivity index (χ1n) is 10.9. The van der Waals surface area contributed by atoms with Gasteiger partial charge in [-0.1, -0.05) is 46.8 Å². The molecule has 1 heterocycles. The number of nitrogens with one attached hydrogen (secondary N) is 1. The Morgan fingerprint density at radius 3 is 2.30 bits per heavy atom. The minimum atomic E-state index is -0.814. The molecule has 6 nitrogen and oxygen atoms in total. The number of benzene rings is 1. The van der Waals surface area contributed by atoms with Crippen LogP contribution in [-0.4, -0.2) is 47.9 Å². The number of carbonyl (C=O) groups excluding carboxylic acids is 3. The van der Waals surface area contributed by atoms with Gasteiger partial charge in [-0.15, -0.1) is 0 Å². The van der Waals surface area contributed by atoms with Crippen LogP contribution in [0.5, 0.6) is 0 Å². The molecular formula is C24H36N2O4. The van der Waals surface area contributed by atoms with E-state index in [0.29, 0.717) is 12.1 Å². The summed E-state index contributed by atoms with van der Waals surface area (Å²) >= 11 is 0. The van der Waals surface area contributed by atoms with Crippen LogP contribution in [0.1, 0.15) is 76.7 Å². The van der Waals surface area contributed by atoms with Crippen LogP contribution in [0.4, 0.5) is 0 Å². The molecular weight excluding hydrogens is 380 g/mol. The molecule has 1 aromatic rings. The highest BCUT2D eigenvalue weighted by molar-refractivity contribution is 5.97. The lowest BCUT2D eigenvalue weighted by molar-refractivity contribution is -0.155. The van der Waals surface area contributed by atoms with Crippen molar-refractivity contribution < 1.29 is 19.1 Å². The molecule has 0 aliphatic carbocycles. The van der Waals surface area contributed by atoms with Crippen molar-refractivity contribution in [2.45, 2.75) is 78.3 Å². The molecule has 0 spiro atoms. The second-order valence-corrected chi connectivity index (χ2v) is 9.56. The number of hydrogen-bond acceptors (Lipinski definition) is 4. The van der Waals surface area contributed by atoms with Gasteiger partial charge in [0.15, 0.2) is 6.61 Å². The zero-order valence-electron chi connectivity index (χ0n) is 19.2. The first-order valence-corrected chi connectivity index (χ1v) is 10.9. The van der Waals surface area contributed by atoms with Gasteiger partial charge in [0, 0.05) is 18.2 Å². The van der Waals surface area contributed by atoms with Gasteiger partial charge < -0.3 is 15.0 Å². The SMILES string of the molecule is CC(C)[C@H](NC(=O)c1ccc(C(C)(C)C)cc1)C(=O)OCC(=O)N1CCCC[C@@H]1C. The van der Waals surface area contributed by atoms with Crippen LogP contribution in [0.3, 0.4) is 0 Å². The lowest BCUT2D eigenvalue weighted by Gasteiger charge is -2.33. The van der Waals surface area contributed by atoms with Gasteiger partial charge in [-0.05, 0) is 55.2 Å². The van der Waals surface area contributed by atoms with E-state index in [4.69, 9.17) is 4.74 Å². The minimum absolute atomic E-state index is 0.00231. The Labute approximate surface area is 180 Å². The summed E-state index contributed by atoms with van der Waals surface area (Å²) in [6.45, 7) is 12.4. The quantitative estimate of drug-likeness (QED) is 0.718. The van der Waals surface area contributed by atoms with Gasteiger partial charge in [0.2, 0.25) is 0 Å². The maximum Gasteiger partial charge on any atom is 0.329 e. The van der Waals surface area contributed by atoms with Gasteiger partial charge >= 0.3 is 5.97 Å². The Bertz CT molecular complexity index is 749. The Kier molecular flexibility index (Phi) is 8.04. The van der Waals surface area contributed by atoms with Crippen LogP contribution in [0, 0.1) is 5.92 Å². The largest absolute Gasteiger partial charge is 0.454 e. The minimum Gasteiger partial charge on any atom is -0.454 e. The van der Waals surface area contributed by atoms with Crippen LogP contribution >= 0.6 is 0 Å². The molecule has 2 rings (SSSR count). The number of nitrogens with zero attached hydrogens (tertiary/aromatic N) is 1. The number of amides is 2. The molecule has 166 valence electrons. The molecule has 2 atom stereocenters. The molecule has 1 aliphatic rings. The van der Waals surface area contributed by atoms with Gasteiger partial charge in [0.1, 0.15) is 6.04 Å². The molecule has 0 unspecified atom stereocenters. The second kappa shape index (κ2) is 10.1. The predicted octanol–water partition coefficient (Wildman–Crippen LogP) is 3.68. The lowest BCUT2D eigenvalue weighted by atomic mass is 9.86. The van der Waals surface area contributed by atoms with E-state index in [0.717, 1.165) is 24.8 Å². The monoisotopic (exact) mass is 416 g/mol. The van der Waals surface area contributed by atoms with E-state index >= 15 is 0 Å². The first-order chi connectivity index (χ1) is 14.0. The van der Waals surface area contributed by atoms with Crippen molar-refractivity contribution in [3.63, 3.8) is 0 Å². The summed E-state index contributed by atoms with van der Waals surface area (Å²) in [4.78, 5) is 39.5. The average Bonchev–Trinajstić information content (AvgIpc) is 2.69. The van der Waals surface area contributed by atoms with E-state index < -0.39 is 12.0 Å². The molecule has 1 aliphatic heterocycles. The number of esters is 1. The van der Waals surface area contributed by atoms with Gasteiger partial charge in [-0.2, -0.15) is 0 Å². The van der Waals surface area contributed by atoms with Crippen LogP contribution < -0.4 is 5.32 Å². The molecule has 1 N–H and O–H groups in total. The van der Waals surface area contributed by atoms with Crippen molar-refractivity contribution in [2.24, 2.45) is 5.92 Å². The maximum absolute atomic E-state index is 12.7. The number of carbonyl (C=O) groups is 3. The molecule has 1 fully saturated rings. The third kappa shape index (κ3) is 6.31. The van der Waals surface area contributed by atoms with E-state index in [1.54, 1.807) is 17.0 Å². The van der Waals surface area contributed by atoms with Crippen molar-refractivity contribution in [1.29, 1.82) is 0 Å². The summed E-state index contributed by atoms with van der Waals surface area (Å²) in [5, 5.41) is 2.76. The van der Waals surface area contributed by atoms with E-state index in [-0.39, 0.29) is 35.8 Å². The normalized spacial score (nSPS) is 18.1. The molecule has 1 aromatic carbocycles. The molecule has 30 heavy (non-hydrogen) atoms.